The van der Waals surface area contributed by atoms with E-state index in [4.69, 9.17) is 0 Å². The molecule has 0 spiro atoms. The summed E-state index contributed by atoms with van der Waals surface area (Å²) in [5, 5.41) is 5.07. The average Bonchev–Trinajstić information content (AvgIpc) is 3.78. The highest BCUT2D eigenvalue weighted by atomic mass is 15.0. The molecule has 74 heavy (non-hydrogen) atoms. The molecule has 1 heteroatoms. The fourth-order valence-electron chi connectivity index (χ4n) is 11.8. The minimum atomic E-state index is -0.200. The van der Waals surface area contributed by atoms with Crippen molar-refractivity contribution in [1.29, 1.82) is 0 Å². The van der Waals surface area contributed by atoms with Gasteiger partial charge in [-0.15, -0.1) is 0 Å². The highest BCUT2D eigenvalue weighted by Gasteiger charge is 2.33. The first kappa shape index (κ1) is 45.1. The molecule has 0 aliphatic heterocycles. The van der Waals surface area contributed by atoms with Crippen molar-refractivity contribution in [3.8, 4) is 72.4 Å². The number of allylic oxidation sites excluding steroid dienone is 1. The zero-order valence-electron chi connectivity index (χ0n) is 42.5. The van der Waals surface area contributed by atoms with Gasteiger partial charge in [0, 0.05) is 21.9 Å². The third-order valence-electron chi connectivity index (χ3n) is 15.8. The molecule has 0 fully saturated rings. The number of benzene rings is 11. The second kappa shape index (κ2) is 18.1. The normalized spacial score (nSPS) is 14.4. The molecule has 0 amide bonds. The Morgan fingerprint density at radius 1 is 0.365 bits per heavy atom. The van der Waals surface area contributed by atoms with E-state index >= 15 is 0 Å². The summed E-state index contributed by atoms with van der Waals surface area (Å²) in [7, 11) is 0. The largest absolute Gasteiger partial charge is 0.309 e. The molecule has 12 aromatic rings. The van der Waals surface area contributed by atoms with E-state index in [0.717, 1.165) is 6.42 Å². The Bertz CT molecular complexity index is 4060. The molecule has 1 atom stereocenters. The highest BCUT2D eigenvalue weighted by molar-refractivity contribution is 6.13. The highest BCUT2D eigenvalue weighted by Crippen LogP contribution is 2.50. The van der Waals surface area contributed by atoms with Crippen LogP contribution in [0.2, 0.25) is 0 Å². The molecule has 0 N–H and O–H groups in total. The van der Waals surface area contributed by atoms with Gasteiger partial charge in [0.2, 0.25) is 0 Å². The Hall–Kier alpha value is -8.78. The third-order valence-corrected chi connectivity index (χ3v) is 15.8. The van der Waals surface area contributed by atoms with Gasteiger partial charge in [-0.2, -0.15) is 0 Å². The molecule has 1 aliphatic rings. The lowest BCUT2D eigenvalue weighted by Gasteiger charge is -2.34. The van der Waals surface area contributed by atoms with E-state index in [-0.39, 0.29) is 10.8 Å². The summed E-state index contributed by atoms with van der Waals surface area (Å²) < 4.78 is 2.42. The van der Waals surface area contributed by atoms with Crippen LogP contribution in [0.15, 0.2) is 255 Å². The Balaban J connectivity index is 0.972. The number of rotatable bonds is 8. The van der Waals surface area contributed by atoms with Gasteiger partial charge >= 0.3 is 0 Å². The zero-order chi connectivity index (χ0) is 50.0. The summed E-state index contributed by atoms with van der Waals surface area (Å²) in [6.45, 7) is 9.31. The molecule has 1 heterocycles. The van der Waals surface area contributed by atoms with Gasteiger partial charge in [-0.1, -0.05) is 246 Å². The van der Waals surface area contributed by atoms with E-state index in [0.29, 0.717) is 0 Å². The summed E-state index contributed by atoms with van der Waals surface area (Å²) in [4.78, 5) is 0. The predicted octanol–water partition coefficient (Wildman–Crippen LogP) is 19.8. The van der Waals surface area contributed by atoms with Crippen LogP contribution in [0, 0.1) is 0 Å². The van der Waals surface area contributed by atoms with Crippen molar-refractivity contribution in [1.82, 2.24) is 4.57 Å². The maximum absolute atomic E-state index is 2.46. The molecule has 1 unspecified atom stereocenters. The molecule has 354 valence electrons. The lowest BCUT2D eigenvalue weighted by molar-refractivity contribution is 0.588. The maximum Gasteiger partial charge on any atom is 0.0541 e. The number of nitrogens with zero attached hydrogens (tertiary/aromatic N) is 1. The molecule has 11 aromatic carbocycles. The first-order valence-corrected chi connectivity index (χ1v) is 26.1. The van der Waals surface area contributed by atoms with E-state index in [1.807, 2.05) is 0 Å². The van der Waals surface area contributed by atoms with Crippen molar-refractivity contribution in [2.75, 3.05) is 0 Å². The summed E-state index contributed by atoms with van der Waals surface area (Å²) in [5.41, 5.74) is 23.5. The number of para-hydroxylation sites is 1. The van der Waals surface area contributed by atoms with E-state index < -0.39 is 0 Å². The molecule has 1 nitrogen and oxygen atoms in total. The molecule has 0 saturated carbocycles. The predicted molar refractivity (Wildman–Crippen MR) is 316 cm³/mol. The van der Waals surface area contributed by atoms with Crippen molar-refractivity contribution in [3.63, 3.8) is 0 Å². The summed E-state index contributed by atoms with van der Waals surface area (Å²) in [6, 6.07) is 92.2. The summed E-state index contributed by atoms with van der Waals surface area (Å²) in [5.74, 6) is 0. The molecule has 1 aromatic heterocycles. The van der Waals surface area contributed by atoms with Gasteiger partial charge in [-0.05, 0) is 154 Å². The first-order valence-electron chi connectivity index (χ1n) is 26.1. The van der Waals surface area contributed by atoms with Gasteiger partial charge in [0.15, 0.2) is 0 Å². The molecule has 13 rings (SSSR count). The number of aromatic nitrogens is 1. The monoisotopic (exact) mass is 947 g/mol. The van der Waals surface area contributed by atoms with Crippen molar-refractivity contribution < 1.29 is 0 Å². The second-order valence-corrected chi connectivity index (χ2v) is 21.5. The maximum atomic E-state index is 2.46. The van der Waals surface area contributed by atoms with Gasteiger partial charge in [0.1, 0.15) is 0 Å². The molecule has 0 saturated heterocycles. The van der Waals surface area contributed by atoms with Crippen molar-refractivity contribution in [2.24, 2.45) is 0 Å². The lowest BCUT2D eigenvalue weighted by atomic mass is 9.69. The van der Waals surface area contributed by atoms with E-state index in [1.165, 1.54) is 127 Å². The molecular formula is C73H57N. The van der Waals surface area contributed by atoms with Crippen LogP contribution in [-0.2, 0) is 17.3 Å². The molecule has 0 radical (unpaired) electrons. The smallest absolute Gasteiger partial charge is 0.0541 e. The van der Waals surface area contributed by atoms with Gasteiger partial charge < -0.3 is 4.57 Å². The Kier molecular flexibility index (Phi) is 11.0. The van der Waals surface area contributed by atoms with Crippen molar-refractivity contribution in [3.05, 3.63) is 277 Å². The van der Waals surface area contributed by atoms with Gasteiger partial charge in [0.25, 0.3) is 0 Å². The standard InChI is InChI=1S/C73H57N/c1-72(2,3)60-39-42-69-65(47-60)64-45-58(38-41-68(64)74(69)61-23-15-8-16-24-61)54-31-35-56(36-32-54)71-62-40-37-57(50-19-11-6-12-20-50)46-66(62)70(63-43-44-73(4,48-67(63)71)59-21-13-7-14-22-59)55-33-29-53(30-34-55)52-27-25-51(26-28-52)49-17-9-5-10-18-49/h5-47H,48H2,1-4H3. The van der Waals surface area contributed by atoms with Gasteiger partial charge in [-0.3, -0.25) is 0 Å². The molecule has 1 aliphatic carbocycles. The van der Waals surface area contributed by atoms with Crippen LogP contribution in [0.1, 0.15) is 49.9 Å². The van der Waals surface area contributed by atoms with Gasteiger partial charge in [0.05, 0.1) is 11.0 Å². The fraction of sp³-hybridized carbons (Fsp3) is 0.0959. The Morgan fingerprint density at radius 2 is 0.784 bits per heavy atom. The SMILES string of the molecule is CC(C)(C)c1ccc2c(c1)c1cc(-c3ccc(-c4c5c(c(-c6ccc(-c7ccc(-c8ccccc8)cc7)cc6)c6cc(-c7ccccc7)ccc46)C=CC(C)(c4ccccc4)C5)cc3)ccc1n2-c1ccccc1. The van der Waals surface area contributed by atoms with Crippen molar-refractivity contribution >= 4 is 38.7 Å². The minimum Gasteiger partial charge on any atom is -0.309 e. The van der Waals surface area contributed by atoms with Crippen LogP contribution in [-0.4, -0.2) is 4.57 Å². The van der Waals surface area contributed by atoms with Crippen LogP contribution < -0.4 is 0 Å². The third kappa shape index (κ3) is 7.97. The summed E-state index contributed by atoms with van der Waals surface area (Å²) in [6.07, 6.45) is 5.77. The van der Waals surface area contributed by atoms with Crippen LogP contribution in [0.5, 0.6) is 0 Å². The first-order chi connectivity index (χ1) is 36.2. The van der Waals surface area contributed by atoms with E-state index in [1.54, 1.807) is 0 Å². The van der Waals surface area contributed by atoms with Crippen molar-refractivity contribution in [2.45, 2.75) is 44.9 Å². The van der Waals surface area contributed by atoms with Gasteiger partial charge in [-0.25, -0.2) is 0 Å². The van der Waals surface area contributed by atoms with Crippen LogP contribution in [0.25, 0.3) is 111 Å². The van der Waals surface area contributed by atoms with E-state index in [9.17, 15) is 0 Å². The summed E-state index contributed by atoms with van der Waals surface area (Å²) >= 11 is 0. The Labute approximate surface area is 435 Å². The topological polar surface area (TPSA) is 4.93 Å². The van der Waals surface area contributed by atoms with Crippen LogP contribution in [0.3, 0.4) is 0 Å². The molecular weight excluding hydrogens is 891 g/mol. The Morgan fingerprint density at radius 3 is 1.35 bits per heavy atom. The number of hydrogen-bond donors (Lipinski definition) is 0. The second-order valence-electron chi connectivity index (χ2n) is 21.5. The fourth-order valence-corrected chi connectivity index (χ4v) is 11.8. The lowest BCUT2D eigenvalue weighted by Crippen LogP contribution is -2.26. The van der Waals surface area contributed by atoms with Crippen LogP contribution >= 0.6 is 0 Å². The van der Waals surface area contributed by atoms with Crippen LogP contribution in [0.4, 0.5) is 0 Å². The quantitative estimate of drug-likeness (QED) is 0.143. The molecule has 0 bridgehead atoms. The number of hydrogen-bond acceptors (Lipinski definition) is 0. The zero-order valence-corrected chi connectivity index (χ0v) is 42.5. The van der Waals surface area contributed by atoms with E-state index in [2.05, 4.69) is 293 Å². The minimum absolute atomic E-state index is 0.0308. The average molecular weight is 948 g/mol. The number of fused-ring (bicyclic) bond motifs is 5.